The van der Waals surface area contributed by atoms with E-state index in [-0.39, 0.29) is 5.09 Å². The van der Waals surface area contributed by atoms with Crippen molar-refractivity contribution in [2.24, 2.45) is 0 Å². The fourth-order valence-electron chi connectivity index (χ4n) is 1.20. The zero-order chi connectivity index (χ0) is 10.4. The van der Waals surface area contributed by atoms with E-state index >= 15 is 0 Å². The Kier molecular flexibility index (Phi) is 1.95. The van der Waals surface area contributed by atoms with Gasteiger partial charge in [-0.05, 0) is 6.07 Å². The molecule has 0 bridgehead atoms. The van der Waals surface area contributed by atoms with Gasteiger partial charge < -0.3 is 4.42 Å². The van der Waals surface area contributed by atoms with Gasteiger partial charge in [-0.25, -0.2) is 0 Å². The molecule has 1 aromatic heterocycles. The summed E-state index contributed by atoms with van der Waals surface area (Å²) < 4.78 is 32.2. The summed E-state index contributed by atoms with van der Waals surface area (Å²) in [6.07, 6.45) is 0.892. The molecule has 0 radical (unpaired) electrons. The highest BCUT2D eigenvalue weighted by Gasteiger charge is 2.36. The average Bonchev–Trinajstić information content (AvgIpc) is 2.44. The highest BCUT2D eigenvalue weighted by molar-refractivity contribution is 9.60. The van der Waals surface area contributed by atoms with Gasteiger partial charge in [0.1, 0.15) is 5.58 Å². The molecular weight excluding hydrogens is 274 g/mol. The maximum Gasteiger partial charge on any atom is 0.184 e. The predicted molar refractivity (Wildman–Crippen MR) is 60.5 cm³/mol. The lowest BCUT2D eigenvalue weighted by atomic mass is 10.3. The Balaban J connectivity index is 2.68. The van der Waals surface area contributed by atoms with Crippen LogP contribution in [-0.4, -0.2) is 6.26 Å². The summed E-state index contributed by atoms with van der Waals surface area (Å²) >= 11 is 2.47. The van der Waals surface area contributed by atoms with Gasteiger partial charge in [0.15, 0.2) is 5.09 Å². The fraction of sp³-hybridized carbons (Fsp3) is 0.111. The Bertz CT molecular complexity index is 444. The van der Waals surface area contributed by atoms with Gasteiger partial charge in [-0.15, -0.1) is 0 Å². The molecule has 0 aliphatic heterocycles. The molecule has 1 nitrogen and oxygen atoms in total. The summed E-state index contributed by atoms with van der Waals surface area (Å²) in [5.41, 5.74) is 0.494. The molecule has 0 unspecified atom stereocenters. The molecule has 0 aliphatic rings. The molecule has 1 aromatic carbocycles. The minimum Gasteiger partial charge on any atom is -0.448 e. The van der Waals surface area contributed by atoms with E-state index in [1.807, 2.05) is 0 Å². The minimum absolute atomic E-state index is 0.253. The Morgan fingerprint density at radius 2 is 1.93 bits per heavy atom. The summed E-state index contributed by atoms with van der Waals surface area (Å²) in [5, 5.41) is 0.449. The van der Waals surface area contributed by atoms with E-state index < -0.39 is 8.37 Å². The molecule has 0 saturated carbocycles. The lowest BCUT2D eigenvalue weighted by Crippen LogP contribution is -1.90. The van der Waals surface area contributed by atoms with E-state index in [0.717, 1.165) is 6.26 Å². The normalized spacial score (nSPS) is 15.3. The maximum atomic E-state index is 13.5. The maximum absolute atomic E-state index is 13.5. The van der Waals surface area contributed by atoms with E-state index in [0.29, 0.717) is 11.0 Å². The van der Waals surface area contributed by atoms with Crippen LogP contribution in [0.25, 0.3) is 11.0 Å². The Labute approximate surface area is 88.2 Å². The number of benzene rings is 1. The first-order chi connectivity index (χ1) is 6.33. The van der Waals surface area contributed by atoms with Crippen LogP contribution in [-0.2, 0) is 0 Å². The summed E-state index contributed by atoms with van der Waals surface area (Å²) in [7, 11) is -4.93. The standard InChI is InChI=1S/C9H9BrF2OS/c1-14(10,11,12)9-6-7-4-2-3-5-8(7)13-9/h2-6,14H,1H3. The lowest BCUT2D eigenvalue weighted by molar-refractivity contribution is 0.489. The van der Waals surface area contributed by atoms with Gasteiger partial charge >= 0.3 is 0 Å². The van der Waals surface area contributed by atoms with Crippen LogP contribution in [0.2, 0.25) is 0 Å². The van der Waals surface area contributed by atoms with E-state index in [2.05, 4.69) is 14.8 Å². The zero-order valence-corrected chi connectivity index (χ0v) is 9.86. The molecule has 14 heavy (non-hydrogen) atoms. The van der Waals surface area contributed by atoms with Crippen LogP contribution in [0.4, 0.5) is 7.77 Å². The van der Waals surface area contributed by atoms with Gasteiger partial charge in [-0.3, -0.25) is 0 Å². The molecule has 0 fully saturated rings. The van der Waals surface area contributed by atoms with Crippen molar-refractivity contribution in [2.45, 2.75) is 5.09 Å². The highest BCUT2D eigenvalue weighted by Crippen LogP contribution is 2.82. The van der Waals surface area contributed by atoms with Crippen LogP contribution in [0.5, 0.6) is 0 Å². The third kappa shape index (κ3) is 1.79. The van der Waals surface area contributed by atoms with E-state index in [4.69, 9.17) is 4.42 Å². The van der Waals surface area contributed by atoms with Crippen LogP contribution in [0.1, 0.15) is 0 Å². The number of fused-ring (bicyclic) bond motifs is 1. The monoisotopic (exact) mass is 282 g/mol. The van der Waals surface area contributed by atoms with Crippen molar-refractivity contribution in [3.05, 3.63) is 30.3 Å². The average molecular weight is 283 g/mol. The van der Waals surface area contributed by atoms with E-state index in [1.54, 1.807) is 24.3 Å². The number of halogens is 3. The molecule has 5 heteroatoms. The first-order valence-corrected chi connectivity index (χ1v) is 8.47. The van der Waals surface area contributed by atoms with Crippen LogP contribution in [0.15, 0.2) is 39.8 Å². The molecule has 2 aromatic rings. The molecule has 0 atom stereocenters. The fourth-order valence-corrected chi connectivity index (χ4v) is 2.44. The van der Waals surface area contributed by atoms with Gasteiger partial charge in [0.25, 0.3) is 0 Å². The zero-order valence-electron chi connectivity index (χ0n) is 7.38. The highest BCUT2D eigenvalue weighted by atomic mass is 79.9. The SMILES string of the molecule is C[SH](F)(F)(Br)c1cc2ccccc2o1. The Morgan fingerprint density at radius 1 is 1.29 bits per heavy atom. The van der Waals surface area contributed by atoms with Crippen LogP contribution >= 0.6 is 23.2 Å². The van der Waals surface area contributed by atoms with Gasteiger partial charge in [0.2, 0.25) is 0 Å². The molecule has 1 heterocycles. The van der Waals surface area contributed by atoms with E-state index in [1.165, 1.54) is 6.07 Å². The van der Waals surface area contributed by atoms with Gasteiger partial charge in [-0.2, -0.15) is 7.77 Å². The molecule has 2 rings (SSSR count). The molecule has 0 N–H and O–H groups in total. The molecule has 0 spiro atoms. The van der Waals surface area contributed by atoms with Gasteiger partial charge in [0.05, 0.1) is 0 Å². The van der Waals surface area contributed by atoms with Crippen molar-refractivity contribution in [3.63, 3.8) is 0 Å². The van der Waals surface area contributed by atoms with Crippen molar-refractivity contribution in [1.29, 1.82) is 0 Å². The number of rotatable bonds is 1. The summed E-state index contributed by atoms with van der Waals surface area (Å²) in [5.74, 6) is 0. The van der Waals surface area contributed by atoms with Crippen LogP contribution < -0.4 is 0 Å². The number of para-hydroxylation sites is 1. The number of hydrogen-bond donors (Lipinski definition) is 1. The summed E-state index contributed by atoms with van der Waals surface area (Å²) in [4.78, 5) is 0. The minimum atomic E-state index is -4.93. The molecule has 0 saturated heterocycles. The van der Waals surface area contributed by atoms with Crippen molar-refractivity contribution < 1.29 is 12.2 Å². The van der Waals surface area contributed by atoms with Crippen molar-refractivity contribution in [2.75, 3.05) is 6.26 Å². The largest absolute Gasteiger partial charge is 0.448 e. The summed E-state index contributed by atoms with van der Waals surface area (Å²) in [6, 6.07) is 8.36. The molecule has 0 amide bonds. The molecule has 78 valence electrons. The smallest absolute Gasteiger partial charge is 0.184 e. The van der Waals surface area contributed by atoms with Crippen LogP contribution in [0.3, 0.4) is 0 Å². The first kappa shape index (κ1) is 9.98. The Morgan fingerprint density at radius 3 is 2.50 bits per heavy atom. The van der Waals surface area contributed by atoms with E-state index in [9.17, 15) is 7.77 Å². The second-order valence-corrected chi connectivity index (χ2v) is 10.9. The second-order valence-electron chi connectivity index (χ2n) is 3.30. The van der Waals surface area contributed by atoms with Gasteiger partial charge in [-0.1, -0.05) is 18.2 Å². The summed E-state index contributed by atoms with van der Waals surface area (Å²) in [6.45, 7) is 0. The Hall–Kier alpha value is -0.550. The van der Waals surface area contributed by atoms with Crippen molar-refractivity contribution in [1.82, 2.24) is 0 Å². The van der Waals surface area contributed by atoms with Crippen molar-refractivity contribution in [3.8, 4) is 0 Å². The third-order valence-corrected chi connectivity index (χ3v) is 4.09. The second kappa shape index (κ2) is 2.73. The van der Waals surface area contributed by atoms with Gasteiger partial charge in [0, 0.05) is 40.9 Å². The molecule has 0 aliphatic carbocycles. The quantitative estimate of drug-likeness (QED) is 0.756. The predicted octanol–water partition coefficient (Wildman–Crippen LogP) is 4.57. The third-order valence-electron chi connectivity index (χ3n) is 1.88. The van der Waals surface area contributed by atoms with Crippen LogP contribution in [0, 0.1) is 0 Å². The lowest BCUT2D eigenvalue weighted by Gasteiger charge is -2.32. The number of furan rings is 1. The van der Waals surface area contributed by atoms with Crippen molar-refractivity contribution >= 4 is 34.1 Å². The first-order valence-electron chi connectivity index (χ1n) is 3.99. The topological polar surface area (TPSA) is 13.1 Å². The molecular formula is C9H9BrF2OS. The number of hydrogen-bond acceptors (Lipinski definition) is 1. The number of thiol groups is 1.